The molecular weight excluding hydrogens is 378 g/mol. The van der Waals surface area contributed by atoms with Crippen molar-refractivity contribution in [3.05, 3.63) is 93.4 Å². The van der Waals surface area contributed by atoms with E-state index in [1.54, 1.807) is 12.3 Å². The van der Waals surface area contributed by atoms with Crippen LogP contribution in [0.2, 0.25) is 0 Å². The van der Waals surface area contributed by atoms with E-state index in [0.29, 0.717) is 17.7 Å². The lowest BCUT2D eigenvalue weighted by Gasteiger charge is -2.34. The van der Waals surface area contributed by atoms with Crippen LogP contribution in [0.1, 0.15) is 37.6 Å². The van der Waals surface area contributed by atoms with E-state index in [4.69, 9.17) is 4.74 Å². The molecule has 6 nitrogen and oxygen atoms in total. The van der Waals surface area contributed by atoms with Gasteiger partial charge in [0.15, 0.2) is 0 Å². The maximum absolute atomic E-state index is 13.1. The van der Waals surface area contributed by atoms with Gasteiger partial charge in [0.05, 0.1) is 18.4 Å². The van der Waals surface area contributed by atoms with Gasteiger partial charge in [0.1, 0.15) is 0 Å². The van der Waals surface area contributed by atoms with Crippen molar-refractivity contribution in [3.8, 4) is 0 Å². The van der Waals surface area contributed by atoms with Crippen LogP contribution >= 0.6 is 0 Å². The van der Waals surface area contributed by atoms with Crippen molar-refractivity contribution in [2.45, 2.75) is 47.3 Å². The molecule has 2 rings (SSSR count). The van der Waals surface area contributed by atoms with E-state index >= 15 is 0 Å². The first kappa shape index (κ1) is 23.2. The molecule has 0 fully saturated rings. The number of aromatic amines is 1. The predicted molar refractivity (Wildman–Crippen MR) is 121 cm³/mol. The van der Waals surface area contributed by atoms with E-state index in [9.17, 15) is 9.59 Å². The first-order chi connectivity index (χ1) is 14.2. The van der Waals surface area contributed by atoms with Crippen LogP contribution in [0.25, 0.3) is 0 Å². The molecule has 2 heterocycles. The van der Waals surface area contributed by atoms with Crippen molar-refractivity contribution in [1.29, 1.82) is 0 Å². The number of carbonyl (C=O) groups excluding carboxylic acids is 1. The van der Waals surface area contributed by atoms with Gasteiger partial charge in [-0.3, -0.25) is 9.59 Å². The zero-order valence-electron chi connectivity index (χ0n) is 18.5. The molecule has 0 saturated heterocycles. The molecule has 1 aromatic heterocycles. The quantitative estimate of drug-likeness (QED) is 0.641. The van der Waals surface area contributed by atoms with Crippen LogP contribution < -0.4 is 10.9 Å². The first-order valence-corrected chi connectivity index (χ1v) is 9.96. The van der Waals surface area contributed by atoms with Crippen molar-refractivity contribution in [2.24, 2.45) is 0 Å². The van der Waals surface area contributed by atoms with E-state index in [2.05, 4.69) is 23.5 Å². The summed E-state index contributed by atoms with van der Waals surface area (Å²) in [5.41, 5.74) is 5.01. The number of aromatic nitrogens is 1. The summed E-state index contributed by atoms with van der Waals surface area (Å²) in [5.74, 6) is -0.247. The van der Waals surface area contributed by atoms with Gasteiger partial charge in [-0.2, -0.15) is 0 Å². The van der Waals surface area contributed by atoms with Crippen LogP contribution in [0.5, 0.6) is 0 Å². The summed E-state index contributed by atoms with van der Waals surface area (Å²) in [4.78, 5) is 30.0. The van der Waals surface area contributed by atoms with Crippen molar-refractivity contribution in [1.82, 2.24) is 15.2 Å². The number of rotatable bonds is 8. The Bertz CT molecular complexity index is 995. The lowest BCUT2D eigenvalue weighted by molar-refractivity contribution is -0.117. The molecule has 1 aliphatic rings. The van der Waals surface area contributed by atoms with Crippen molar-refractivity contribution in [3.63, 3.8) is 0 Å². The highest BCUT2D eigenvalue weighted by Gasteiger charge is 2.28. The second kappa shape index (κ2) is 10.1. The Hall–Kier alpha value is -3.12. The summed E-state index contributed by atoms with van der Waals surface area (Å²) in [6.07, 6.45) is 6.87. The highest BCUT2D eigenvalue weighted by molar-refractivity contribution is 5.98. The Kier molecular flexibility index (Phi) is 7.78. The molecule has 0 saturated carbocycles. The van der Waals surface area contributed by atoms with E-state index in [1.165, 1.54) is 0 Å². The van der Waals surface area contributed by atoms with Gasteiger partial charge in [-0.15, -0.1) is 6.58 Å². The maximum atomic E-state index is 13.1. The molecule has 1 atom stereocenters. The van der Waals surface area contributed by atoms with Gasteiger partial charge in [0.25, 0.3) is 11.5 Å². The minimum atomic E-state index is -0.269. The molecule has 0 radical (unpaired) electrons. The van der Waals surface area contributed by atoms with E-state index < -0.39 is 0 Å². The lowest BCUT2D eigenvalue weighted by atomic mass is 9.95. The molecule has 1 aromatic rings. The third kappa shape index (κ3) is 4.89. The Balaban J connectivity index is 2.36. The smallest absolute Gasteiger partial charge is 0.253 e. The van der Waals surface area contributed by atoms with Crippen molar-refractivity contribution < 1.29 is 9.53 Å². The van der Waals surface area contributed by atoms with Gasteiger partial charge in [-0.05, 0) is 57.9 Å². The molecule has 1 unspecified atom stereocenters. The molecule has 2 N–H and O–H groups in total. The second-order valence-corrected chi connectivity index (χ2v) is 7.22. The predicted octanol–water partition coefficient (Wildman–Crippen LogP) is 3.76. The van der Waals surface area contributed by atoms with Crippen LogP contribution in [0.4, 0.5) is 0 Å². The lowest BCUT2D eigenvalue weighted by Crippen LogP contribution is -2.34. The Morgan fingerprint density at radius 3 is 2.60 bits per heavy atom. The number of nitrogens with one attached hydrogen (secondary N) is 2. The SMILES string of the molecule is C=CCOC(C)C1=C(C)C(C(=O)NCc2c(C)cc(C)[nH]c2=O)=C/C(=C/C)N1C=C. The van der Waals surface area contributed by atoms with Crippen LogP contribution in [0.3, 0.4) is 0 Å². The third-order valence-electron chi connectivity index (χ3n) is 5.11. The van der Waals surface area contributed by atoms with Gasteiger partial charge in [0, 0.05) is 35.3 Å². The van der Waals surface area contributed by atoms with Crippen LogP contribution in [0.15, 0.2) is 71.0 Å². The Labute approximate surface area is 178 Å². The topological polar surface area (TPSA) is 74.4 Å². The fourth-order valence-electron chi connectivity index (χ4n) is 3.60. The molecule has 0 aliphatic carbocycles. The van der Waals surface area contributed by atoms with E-state index in [-0.39, 0.29) is 24.1 Å². The summed E-state index contributed by atoms with van der Waals surface area (Å²) in [5, 5.41) is 2.89. The molecule has 160 valence electrons. The second-order valence-electron chi connectivity index (χ2n) is 7.22. The molecule has 1 aliphatic heterocycles. The van der Waals surface area contributed by atoms with Gasteiger partial charge in [-0.1, -0.05) is 18.7 Å². The van der Waals surface area contributed by atoms with Crippen LogP contribution in [-0.4, -0.2) is 28.5 Å². The number of H-pyrrole nitrogens is 1. The van der Waals surface area contributed by atoms with Gasteiger partial charge >= 0.3 is 0 Å². The largest absolute Gasteiger partial charge is 0.368 e. The fraction of sp³-hybridized carbons (Fsp3) is 0.333. The summed E-state index contributed by atoms with van der Waals surface area (Å²) in [6.45, 7) is 17.6. The third-order valence-corrected chi connectivity index (χ3v) is 5.11. The number of aryl methyl sites for hydroxylation is 2. The standard InChI is InChI=1S/C24H31N3O3/c1-8-11-30-18(7)22-17(6)20(13-19(9-2)27(22)10-3)23(28)25-14-21-15(4)12-16(5)26-24(21)29/h8-10,12-13,18H,1,3,11,14H2,2,4-7H3,(H,25,28)(H,26,29)/b19-9-. The average Bonchev–Trinajstić information content (AvgIpc) is 2.70. The van der Waals surface area contributed by atoms with Crippen LogP contribution in [-0.2, 0) is 16.1 Å². The number of hydrogen-bond acceptors (Lipinski definition) is 4. The normalized spacial score (nSPS) is 16.4. The number of ether oxygens (including phenoxy) is 1. The van der Waals surface area contributed by atoms with Gasteiger partial charge in [0.2, 0.25) is 0 Å². The van der Waals surface area contributed by atoms with E-state index in [0.717, 1.165) is 28.2 Å². The minimum Gasteiger partial charge on any atom is -0.368 e. The maximum Gasteiger partial charge on any atom is 0.253 e. The summed E-state index contributed by atoms with van der Waals surface area (Å²) in [7, 11) is 0. The molecular formula is C24H31N3O3. The number of carbonyl (C=O) groups is 1. The first-order valence-electron chi connectivity index (χ1n) is 9.96. The zero-order valence-corrected chi connectivity index (χ0v) is 18.5. The molecule has 6 heteroatoms. The van der Waals surface area contributed by atoms with E-state index in [1.807, 2.05) is 57.7 Å². The Morgan fingerprint density at radius 1 is 1.33 bits per heavy atom. The van der Waals surface area contributed by atoms with Crippen molar-refractivity contribution in [2.75, 3.05) is 6.61 Å². The molecule has 0 aromatic carbocycles. The molecule has 30 heavy (non-hydrogen) atoms. The number of allylic oxidation sites excluding steroid dienone is 2. The highest BCUT2D eigenvalue weighted by atomic mass is 16.5. The van der Waals surface area contributed by atoms with Crippen molar-refractivity contribution >= 4 is 5.91 Å². The number of nitrogens with zero attached hydrogens (tertiary/aromatic N) is 1. The number of amides is 1. The zero-order chi connectivity index (χ0) is 22.4. The van der Waals surface area contributed by atoms with Crippen LogP contribution in [0, 0.1) is 13.8 Å². The fourth-order valence-corrected chi connectivity index (χ4v) is 3.60. The number of hydrogen-bond donors (Lipinski definition) is 2. The summed E-state index contributed by atoms with van der Waals surface area (Å²) in [6, 6.07) is 1.89. The summed E-state index contributed by atoms with van der Waals surface area (Å²) < 4.78 is 5.83. The average molecular weight is 410 g/mol. The van der Waals surface area contributed by atoms with Gasteiger partial charge < -0.3 is 19.9 Å². The highest BCUT2D eigenvalue weighted by Crippen LogP contribution is 2.32. The Morgan fingerprint density at radius 2 is 2.03 bits per heavy atom. The monoisotopic (exact) mass is 409 g/mol. The van der Waals surface area contributed by atoms with Gasteiger partial charge in [-0.25, -0.2) is 0 Å². The molecule has 1 amide bonds. The minimum absolute atomic E-state index is 0.152. The number of pyridine rings is 1. The molecule has 0 bridgehead atoms. The molecule has 0 spiro atoms. The summed E-state index contributed by atoms with van der Waals surface area (Å²) >= 11 is 0.